The summed E-state index contributed by atoms with van der Waals surface area (Å²) in [5.74, 6) is -0.146. The largest absolute Gasteiger partial charge is 0.326 e. The first-order chi connectivity index (χ1) is 10.3. The highest BCUT2D eigenvalue weighted by molar-refractivity contribution is 6.07. The Bertz CT molecular complexity index is 765. The minimum Gasteiger partial charge on any atom is -0.326 e. The molecule has 1 aromatic heterocycles. The third-order valence-electron chi connectivity index (χ3n) is 3.19. The van der Waals surface area contributed by atoms with Crippen molar-refractivity contribution < 1.29 is 4.79 Å². The Hall–Kier alpha value is -2.79. The summed E-state index contributed by atoms with van der Waals surface area (Å²) >= 11 is 0. The standard InChI is InChI=1S/C16H14N4O/c17-10-13-8-4-5-9-15(13)20-18-11-14(19-20)16(21)12-6-2-1-3-7-12/h1-9,11H,10,17H2. The van der Waals surface area contributed by atoms with E-state index in [2.05, 4.69) is 10.2 Å². The maximum absolute atomic E-state index is 12.3. The normalized spacial score (nSPS) is 10.5. The molecular formula is C16H14N4O. The monoisotopic (exact) mass is 278 g/mol. The van der Waals surface area contributed by atoms with E-state index in [9.17, 15) is 4.79 Å². The quantitative estimate of drug-likeness (QED) is 0.740. The molecule has 0 unspecified atom stereocenters. The first-order valence-electron chi connectivity index (χ1n) is 6.60. The van der Waals surface area contributed by atoms with Crippen molar-refractivity contribution in [2.45, 2.75) is 6.54 Å². The minimum atomic E-state index is -0.146. The van der Waals surface area contributed by atoms with Crippen LogP contribution >= 0.6 is 0 Å². The van der Waals surface area contributed by atoms with Crippen molar-refractivity contribution in [3.8, 4) is 5.69 Å². The Morgan fingerprint density at radius 3 is 2.52 bits per heavy atom. The first-order valence-corrected chi connectivity index (χ1v) is 6.60. The number of nitrogens with two attached hydrogens (primary N) is 1. The molecule has 1 heterocycles. The summed E-state index contributed by atoms with van der Waals surface area (Å²) in [5.41, 5.74) is 8.32. The fourth-order valence-electron chi connectivity index (χ4n) is 2.10. The molecule has 3 rings (SSSR count). The van der Waals surface area contributed by atoms with Crippen LogP contribution < -0.4 is 5.73 Å². The molecule has 2 N–H and O–H groups in total. The predicted octanol–water partition coefficient (Wildman–Crippen LogP) is 1.96. The molecule has 104 valence electrons. The van der Waals surface area contributed by atoms with Crippen LogP contribution in [-0.4, -0.2) is 20.8 Å². The van der Waals surface area contributed by atoms with Gasteiger partial charge in [0.05, 0.1) is 11.9 Å². The van der Waals surface area contributed by atoms with E-state index in [1.54, 1.807) is 12.1 Å². The SMILES string of the molecule is NCc1ccccc1-n1ncc(C(=O)c2ccccc2)n1. The van der Waals surface area contributed by atoms with Gasteiger partial charge in [-0.05, 0) is 11.6 Å². The molecule has 0 aliphatic carbocycles. The van der Waals surface area contributed by atoms with Crippen LogP contribution in [0.4, 0.5) is 0 Å². The predicted molar refractivity (Wildman–Crippen MR) is 79.1 cm³/mol. The van der Waals surface area contributed by atoms with Gasteiger partial charge in [-0.15, -0.1) is 5.10 Å². The van der Waals surface area contributed by atoms with Crippen LogP contribution in [-0.2, 0) is 6.54 Å². The van der Waals surface area contributed by atoms with Gasteiger partial charge >= 0.3 is 0 Å². The molecule has 0 bridgehead atoms. The lowest BCUT2D eigenvalue weighted by Crippen LogP contribution is -2.08. The van der Waals surface area contributed by atoms with Crippen molar-refractivity contribution in [2.24, 2.45) is 5.73 Å². The van der Waals surface area contributed by atoms with Gasteiger partial charge in [0.1, 0.15) is 0 Å². The van der Waals surface area contributed by atoms with E-state index in [4.69, 9.17) is 5.73 Å². The molecule has 0 saturated carbocycles. The fraction of sp³-hybridized carbons (Fsp3) is 0.0625. The molecule has 0 radical (unpaired) electrons. The minimum absolute atomic E-state index is 0.146. The van der Waals surface area contributed by atoms with E-state index < -0.39 is 0 Å². The fourth-order valence-corrected chi connectivity index (χ4v) is 2.10. The number of hydrogen-bond donors (Lipinski definition) is 1. The van der Waals surface area contributed by atoms with Crippen molar-refractivity contribution in [3.05, 3.63) is 77.6 Å². The van der Waals surface area contributed by atoms with Crippen LogP contribution in [0.15, 0.2) is 60.8 Å². The Morgan fingerprint density at radius 2 is 1.76 bits per heavy atom. The van der Waals surface area contributed by atoms with Gasteiger partial charge in [0.15, 0.2) is 5.69 Å². The van der Waals surface area contributed by atoms with Gasteiger partial charge in [0.25, 0.3) is 0 Å². The van der Waals surface area contributed by atoms with Crippen LogP contribution in [0, 0.1) is 0 Å². The molecule has 21 heavy (non-hydrogen) atoms. The number of carbonyl (C=O) groups excluding carboxylic acids is 1. The Labute approximate surface area is 122 Å². The van der Waals surface area contributed by atoms with Crippen molar-refractivity contribution in [3.63, 3.8) is 0 Å². The number of benzene rings is 2. The van der Waals surface area contributed by atoms with E-state index in [0.717, 1.165) is 11.3 Å². The van der Waals surface area contributed by atoms with E-state index in [1.165, 1.54) is 11.0 Å². The Kier molecular flexibility index (Phi) is 3.57. The van der Waals surface area contributed by atoms with Gasteiger partial charge in [-0.2, -0.15) is 9.90 Å². The molecule has 2 aromatic carbocycles. The molecule has 3 aromatic rings. The first kappa shape index (κ1) is 13.2. The van der Waals surface area contributed by atoms with Crippen molar-refractivity contribution in [2.75, 3.05) is 0 Å². The number of carbonyl (C=O) groups is 1. The number of ketones is 1. The summed E-state index contributed by atoms with van der Waals surface area (Å²) in [4.78, 5) is 13.7. The van der Waals surface area contributed by atoms with Crippen molar-refractivity contribution in [1.29, 1.82) is 0 Å². The maximum Gasteiger partial charge on any atom is 0.214 e. The van der Waals surface area contributed by atoms with Gasteiger partial charge < -0.3 is 5.73 Å². The molecule has 0 aliphatic heterocycles. The van der Waals surface area contributed by atoms with Gasteiger partial charge in [-0.25, -0.2) is 0 Å². The van der Waals surface area contributed by atoms with Gasteiger partial charge in [-0.3, -0.25) is 4.79 Å². The number of aromatic nitrogens is 3. The number of para-hydroxylation sites is 1. The lowest BCUT2D eigenvalue weighted by Gasteiger charge is -2.05. The molecule has 5 heteroatoms. The summed E-state index contributed by atoms with van der Waals surface area (Å²) < 4.78 is 0. The van der Waals surface area contributed by atoms with Gasteiger partial charge in [0.2, 0.25) is 5.78 Å². The average Bonchev–Trinajstić information content (AvgIpc) is 3.04. The second-order valence-corrected chi connectivity index (χ2v) is 4.55. The molecule has 0 saturated heterocycles. The summed E-state index contributed by atoms with van der Waals surface area (Å²) in [5, 5.41) is 8.44. The highest BCUT2D eigenvalue weighted by Crippen LogP contribution is 2.13. The van der Waals surface area contributed by atoms with E-state index >= 15 is 0 Å². The maximum atomic E-state index is 12.3. The molecule has 0 spiro atoms. The number of hydrogen-bond acceptors (Lipinski definition) is 4. The summed E-state index contributed by atoms with van der Waals surface area (Å²) in [6, 6.07) is 16.6. The van der Waals surface area contributed by atoms with Gasteiger partial charge in [-0.1, -0.05) is 48.5 Å². The number of nitrogens with zero attached hydrogens (tertiary/aromatic N) is 3. The molecule has 0 fully saturated rings. The molecule has 5 nitrogen and oxygen atoms in total. The van der Waals surface area contributed by atoms with Crippen LogP contribution in [0.5, 0.6) is 0 Å². The zero-order chi connectivity index (χ0) is 14.7. The average molecular weight is 278 g/mol. The van der Waals surface area contributed by atoms with Crippen LogP contribution in [0.3, 0.4) is 0 Å². The van der Waals surface area contributed by atoms with Crippen LogP contribution in [0.25, 0.3) is 5.69 Å². The molecule has 0 aliphatic rings. The highest BCUT2D eigenvalue weighted by atomic mass is 16.1. The summed E-state index contributed by atoms with van der Waals surface area (Å²) in [6.07, 6.45) is 1.47. The second-order valence-electron chi connectivity index (χ2n) is 4.55. The van der Waals surface area contributed by atoms with E-state index in [0.29, 0.717) is 17.8 Å². The van der Waals surface area contributed by atoms with Gasteiger partial charge in [0, 0.05) is 12.1 Å². The van der Waals surface area contributed by atoms with Crippen molar-refractivity contribution >= 4 is 5.78 Å². The summed E-state index contributed by atoms with van der Waals surface area (Å²) in [7, 11) is 0. The van der Waals surface area contributed by atoms with Crippen LogP contribution in [0.1, 0.15) is 21.6 Å². The molecular weight excluding hydrogens is 264 g/mol. The second kappa shape index (κ2) is 5.68. The summed E-state index contributed by atoms with van der Waals surface area (Å²) in [6.45, 7) is 0.389. The van der Waals surface area contributed by atoms with E-state index in [1.807, 2.05) is 42.5 Å². The smallest absolute Gasteiger partial charge is 0.214 e. The molecule has 0 amide bonds. The lowest BCUT2D eigenvalue weighted by molar-refractivity contribution is 0.103. The third-order valence-corrected chi connectivity index (χ3v) is 3.19. The number of rotatable bonds is 4. The Balaban J connectivity index is 1.95. The zero-order valence-electron chi connectivity index (χ0n) is 11.3. The molecule has 0 atom stereocenters. The highest BCUT2D eigenvalue weighted by Gasteiger charge is 2.14. The Morgan fingerprint density at radius 1 is 1.05 bits per heavy atom. The van der Waals surface area contributed by atoms with Crippen molar-refractivity contribution in [1.82, 2.24) is 15.0 Å². The lowest BCUT2D eigenvalue weighted by atomic mass is 10.1. The topological polar surface area (TPSA) is 73.8 Å². The third kappa shape index (κ3) is 2.59. The van der Waals surface area contributed by atoms with E-state index in [-0.39, 0.29) is 5.78 Å². The van der Waals surface area contributed by atoms with Crippen LogP contribution in [0.2, 0.25) is 0 Å². The zero-order valence-corrected chi connectivity index (χ0v) is 11.3.